The molecule has 6 heteroatoms. The fourth-order valence-electron chi connectivity index (χ4n) is 2.50. The van der Waals surface area contributed by atoms with Crippen molar-refractivity contribution in [3.63, 3.8) is 0 Å². The zero-order chi connectivity index (χ0) is 14.6. The van der Waals surface area contributed by atoms with E-state index in [1.54, 1.807) is 0 Å². The molecule has 0 bridgehead atoms. The molecule has 1 heterocycles. The summed E-state index contributed by atoms with van der Waals surface area (Å²) in [4.78, 5) is 9.75. The highest BCUT2D eigenvalue weighted by atomic mass is 17.7. The molecule has 0 amide bonds. The summed E-state index contributed by atoms with van der Waals surface area (Å²) in [5.74, 6) is 0.507. The molecule has 0 aliphatic carbocycles. The van der Waals surface area contributed by atoms with E-state index in [1.807, 2.05) is 6.92 Å². The summed E-state index contributed by atoms with van der Waals surface area (Å²) in [6.07, 6.45) is 6.46. The van der Waals surface area contributed by atoms with Crippen LogP contribution in [-0.4, -0.2) is 36.1 Å². The van der Waals surface area contributed by atoms with E-state index in [4.69, 9.17) is 14.9 Å². The molecule has 1 fully saturated rings. The van der Waals surface area contributed by atoms with Crippen LogP contribution in [0.3, 0.4) is 0 Å². The lowest BCUT2D eigenvalue weighted by Crippen LogP contribution is -2.25. The van der Waals surface area contributed by atoms with E-state index < -0.39 is 6.10 Å². The topological polar surface area (TPSA) is 77.4 Å². The maximum Gasteiger partial charge on any atom is 0.0883 e. The summed E-state index contributed by atoms with van der Waals surface area (Å²) < 4.78 is 0. The standard InChI is InChI=1S/C14H28O6/c1-12-11-18-20-19-17-8-6-4-2-3-5-7-13(12)9-14(16)10-15/h12-16H,2-11H2,1H3. The molecule has 6 nitrogen and oxygen atoms in total. The summed E-state index contributed by atoms with van der Waals surface area (Å²) in [6, 6.07) is 0. The lowest BCUT2D eigenvalue weighted by molar-refractivity contribution is -0.635. The van der Waals surface area contributed by atoms with Crippen LogP contribution in [0.4, 0.5) is 0 Å². The Morgan fingerprint density at radius 2 is 1.75 bits per heavy atom. The molecular formula is C14H28O6. The third kappa shape index (κ3) is 8.14. The fourth-order valence-corrected chi connectivity index (χ4v) is 2.50. The van der Waals surface area contributed by atoms with Crippen LogP contribution in [0.25, 0.3) is 0 Å². The molecule has 1 rings (SSSR count). The van der Waals surface area contributed by atoms with Gasteiger partial charge >= 0.3 is 0 Å². The van der Waals surface area contributed by atoms with Gasteiger partial charge in [-0.3, -0.25) is 0 Å². The molecule has 120 valence electrons. The van der Waals surface area contributed by atoms with Crippen molar-refractivity contribution in [1.82, 2.24) is 0 Å². The maximum absolute atomic E-state index is 9.63. The predicted molar refractivity (Wildman–Crippen MR) is 72.1 cm³/mol. The highest BCUT2D eigenvalue weighted by molar-refractivity contribution is 4.70. The predicted octanol–water partition coefficient (Wildman–Crippen LogP) is 2.15. The first-order valence-corrected chi connectivity index (χ1v) is 7.60. The summed E-state index contributed by atoms with van der Waals surface area (Å²) in [6.45, 7) is 2.72. The summed E-state index contributed by atoms with van der Waals surface area (Å²) in [5.41, 5.74) is 0. The molecule has 0 aromatic carbocycles. The SMILES string of the molecule is CC1COOOOCCCCCCCC1CC(O)CO. The van der Waals surface area contributed by atoms with Crippen molar-refractivity contribution >= 4 is 0 Å². The molecule has 0 aromatic rings. The van der Waals surface area contributed by atoms with Crippen LogP contribution in [0, 0.1) is 11.8 Å². The van der Waals surface area contributed by atoms with Crippen LogP contribution < -0.4 is 0 Å². The maximum atomic E-state index is 9.63. The Morgan fingerprint density at radius 1 is 1.05 bits per heavy atom. The third-order valence-corrected chi connectivity index (χ3v) is 3.85. The van der Waals surface area contributed by atoms with Gasteiger partial charge in [-0.1, -0.05) is 39.0 Å². The van der Waals surface area contributed by atoms with Gasteiger partial charge in [0.2, 0.25) is 0 Å². The Morgan fingerprint density at radius 3 is 2.55 bits per heavy atom. The number of rotatable bonds is 3. The van der Waals surface area contributed by atoms with E-state index in [0.717, 1.165) is 25.7 Å². The second kappa shape index (κ2) is 11.4. The van der Waals surface area contributed by atoms with E-state index in [-0.39, 0.29) is 12.5 Å². The van der Waals surface area contributed by atoms with Crippen molar-refractivity contribution in [2.75, 3.05) is 19.8 Å². The van der Waals surface area contributed by atoms with E-state index >= 15 is 0 Å². The molecule has 1 aliphatic rings. The monoisotopic (exact) mass is 292 g/mol. The highest BCUT2D eigenvalue weighted by Crippen LogP contribution is 2.25. The van der Waals surface area contributed by atoms with Gasteiger partial charge < -0.3 is 10.2 Å². The number of aliphatic hydroxyl groups excluding tert-OH is 2. The van der Waals surface area contributed by atoms with Crippen LogP contribution in [0.5, 0.6) is 0 Å². The molecule has 0 saturated carbocycles. The minimum Gasteiger partial charge on any atom is -0.394 e. The van der Waals surface area contributed by atoms with Crippen LogP contribution in [0.2, 0.25) is 0 Å². The van der Waals surface area contributed by atoms with Crippen molar-refractivity contribution in [1.29, 1.82) is 0 Å². The van der Waals surface area contributed by atoms with E-state index in [0.29, 0.717) is 25.6 Å². The van der Waals surface area contributed by atoms with E-state index in [1.165, 1.54) is 12.8 Å². The minimum absolute atomic E-state index is 0.197. The highest BCUT2D eigenvalue weighted by Gasteiger charge is 2.21. The van der Waals surface area contributed by atoms with Gasteiger partial charge in [-0.2, -0.15) is 0 Å². The molecule has 1 saturated heterocycles. The van der Waals surface area contributed by atoms with Gasteiger partial charge in [-0.15, -0.1) is 0 Å². The smallest absolute Gasteiger partial charge is 0.0883 e. The largest absolute Gasteiger partial charge is 0.394 e. The molecule has 0 aromatic heterocycles. The van der Waals surface area contributed by atoms with Gasteiger partial charge in [0.15, 0.2) is 0 Å². The Balaban J connectivity index is 2.41. The third-order valence-electron chi connectivity index (χ3n) is 3.85. The molecule has 0 radical (unpaired) electrons. The number of hydrogen-bond acceptors (Lipinski definition) is 6. The van der Waals surface area contributed by atoms with Gasteiger partial charge in [0.05, 0.1) is 25.9 Å². The molecule has 20 heavy (non-hydrogen) atoms. The van der Waals surface area contributed by atoms with Gasteiger partial charge in [0, 0.05) is 0 Å². The second-order valence-corrected chi connectivity index (χ2v) is 5.61. The van der Waals surface area contributed by atoms with Crippen molar-refractivity contribution in [3.8, 4) is 0 Å². The van der Waals surface area contributed by atoms with Crippen LogP contribution >= 0.6 is 0 Å². The quantitative estimate of drug-likeness (QED) is 0.776. The van der Waals surface area contributed by atoms with Gasteiger partial charge in [-0.05, 0) is 34.8 Å². The zero-order valence-corrected chi connectivity index (χ0v) is 12.3. The zero-order valence-electron chi connectivity index (χ0n) is 12.3. The van der Waals surface area contributed by atoms with Crippen molar-refractivity contribution in [2.24, 2.45) is 11.8 Å². The normalized spacial score (nSPS) is 29.6. The molecular weight excluding hydrogens is 264 g/mol. The van der Waals surface area contributed by atoms with Gasteiger partial charge in [-0.25, -0.2) is 9.78 Å². The fraction of sp³-hybridized carbons (Fsp3) is 1.00. The minimum atomic E-state index is -0.665. The van der Waals surface area contributed by atoms with Crippen LogP contribution in [-0.2, 0) is 19.9 Å². The summed E-state index contributed by atoms with van der Waals surface area (Å²) in [7, 11) is 0. The van der Waals surface area contributed by atoms with E-state index in [9.17, 15) is 5.11 Å². The first-order valence-electron chi connectivity index (χ1n) is 7.60. The Kier molecular flexibility index (Phi) is 10.2. The second-order valence-electron chi connectivity index (χ2n) is 5.61. The number of aliphatic hydroxyl groups is 2. The average molecular weight is 292 g/mol. The Labute approximate surface area is 120 Å². The van der Waals surface area contributed by atoms with Crippen molar-refractivity contribution in [2.45, 2.75) is 58.0 Å². The van der Waals surface area contributed by atoms with Crippen LogP contribution in [0.15, 0.2) is 0 Å². The first-order chi connectivity index (χ1) is 9.74. The van der Waals surface area contributed by atoms with Gasteiger partial charge in [0.25, 0.3) is 0 Å². The lowest BCUT2D eigenvalue weighted by Gasteiger charge is -2.25. The number of hydrogen-bond donors (Lipinski definition) is 2. The summed E-state index contributed by atoms with van der Waals surface area (Å²) in [5, 5.41) is 27.6. The van der Waals surface area contributed by atoms with Crippen molar-refractivity contribution < 1.29 is 30.1 Å². The molecule has 0 spiro atoms. The van der Waals surface area contributed by atoms with E-state index in [2.05, 4.69) is 10.1 Å². The first kappa shape index (κ1) is 17.8. The van der Waals surface area contributed by atoms with Crippen molar-refractivity contribution in [3.05, 3.63) is 0 Å². The van der Waals surface area contributed by atoms with Gasteiger partial charge in [0.1, 0.15) is 0 Å². The average Bonchev–Trinajstić information content (AvgIpc) is 2.45. The van der Waals surface area contributed by atoms with Crippen LogP contribution in [0.1, 0.15) is 51.9 Å². The Bertz CT molecular complexity index is 226. The molecule has 3 unspecified atom stereocenters. The lowest BCUT2D eigenvalue weighted by atomic mass is 9.85. The Hall–Kier alpha value is -0.240. The summed E-state index contributed by atoms with van der Waals surface area (Å²) >= 11 is 0. The molecule has 2 N–H and O–H groups in total. The molecule has 3 atom stereocenters. The molecule has 1 aliphatic heterocycles.